The van der Waals surface area contributed by atoms with Crippen molar-refractivity contribution >= 4 is 34.8 Å². The van der Waals surface area contributed by atoms with Crippen LogP contribution in [0.1, 0.15) is 36.7 Å². The molecule has 0 aliphatic rings. The molecule has 110 valence electrons. The molecule has 2 rings (SSSR count). The summed E-state index contributed by atoms with van der Waals surface area (Å²) in [6.45, 7) is 6.34. The van der Waals surface area contributed by atoms with E-state index in [0.29, 0.717) is 5.56 Å². The second-order valence-corrected chi connectivity index (χ2v) is 6.33. The van der Waals surface area contributed by atoms with E-state index in [9.17, 15) is 4.79 Å². The van der Waals surface area contributed by atoms with Gasteiger partial charge in [0.05, 0.1) is 0 Å². The van der Waals surface area contributed by atoms with Crippen molar-refractivity contribution in [1.82, 2.24) is 9.97 Å². The Balaban J connectivity index is 2.21. The first kappa shape index (κ1) is 15.7. The molecule has 0 aliphatic carbocycles. The molecule has 0 bridgehead atoms. The van der Waals surface area contributed by atoms with Crippen molar-refractivity contribution in [3.63, 3.8) is 0 Å². The second-order valence-electron chi connectivity index (χ2n) is 5.61. The van der Waals surface area contributed by atoms with Gasteiger partial charge in [-0.3, -0.25) is 4.79 Å². The molecule has 0 spiro atoms. The fourth-order valence-electron chi connectivity index (χ4n) is 1.75. The largest absolute Gasteiger partial charge is 0.317 e. The predicted octanol–water partition coefficient (Wildman–Crippen LogP) is 4.33. The van der Waals surface area contributed by atoms with E-state index in [2.05, 4.69) is 36.1 Å². The fourth-order valence-corrected chi connectivity index (χ4v) is 2.16. The first-order valence-corrected chi connectivity index (χ1v) is 7.12. The van der Waals surface area contributed by atoms with Crippen molar-refractivity contribution in [1.29, 1.82) is 0 Å². The van der Waals surface area contributed by atoms with Crippen molar-refractivity contribution in [2.45, 2.75) is 26.2 Å². The summed E-state index contributed by atoms with van der Waals surface area (Å²) in [5.74, 6) is -0.311. The highest BCUT2D eigenvalue weighted by molar-refractivity contribution is 6.38. The van der Waals surface area contributed by atoms with Gasteiger partial charge in [-0.15, -0.1) is 0 Å². The molecule has 1 aromatic carbocycles. The molecule has 0 fully saturated rings. The Bertz CT molecular complexity index is 643. The first-order valence-electron chi connectivity index (χ1n) is 6.37. The van der Waals surface area contributed by atoms with Gasteiger partial charge in [0.1, 0.15) is 12.0 Å². The van der Waals surface area contributed by atoms with Crippen molar-refractivity contribution in [2.75, 3.05) is 5.32 Å². The van der Waals surface area contributed by atoms with Gasteiger partial charge in [-0.1, -0.05) is 56.1 Å². The summed E-state index contributed by atoms with van der Waals surface area (Å²) in [6, 6.07) is 7.39. The minimum Gasteiger partial charge on any atom is -0.317 e. The minimum absolute atomic E-state index is 0.0366. The lowest BCUT2D eigenvalue weighted by molar-refractivity contribution is 0.102. The number of benzene rings is 1. The lowest BCUT2D eigenvalue weighted by Crippen LogP contribution is -2.15. The lowest BCUT2D eigenvalue weighted by Gasteiger charge is -2.19. The molecule has 21 heavy (non-hydrogen) atoms. The highest BCUT2D eigenvalue weighted by atomic mass is 35.5. The number of anilines is 1. The zero-order valence-corrected chi connectivity index (χ0v) is 13.5. The molecule has 1 N–H and O–H groups in total. The average molecular weight is 324 g/mol. The van der Waals surface area contributed by atoms with Crippen LogP contribution < -0.4 is 5.32 Å². The van der Waals surface area contributed by atoms with E-state index in [1.54, 1.807) is 12.1 Å². The Morgan fingerprint density at radius 3 is 2.05 bits per heavy atom. The van der Waals surface area contributed by atoms with Crippen LogP contribution in [-0.2, 0) is 5.41 Å². The zero-order chi connectivity index (χ0) is 15.6. The summed E-state index contributed by atoms with van der Waals surface area (Å²) >= 11 is 11.8. The number of halogens is 2. The third-order valence-corrected chi connectivity index (χ3v) is 3.58. The Labute approximate surface area is 133 Å². The van der Waals surface area contributed by atoms with Crippen LogP contribution in [0.4, 0.5) is 5.69 Å². The number of carbonyl (C=O) groups is 1. The number of hydrogen-bond donors (Lipinski definition) is 1. The average Bonchev–Trinajstić information content (AvgIpc) is 2.42. The van der Waals surface area contributed by atoms with Gasteiger partial charge in [0.25, 0.3) is 5.91 Å². The normalized spacial score (nSPS) is 11.3. The topological polar surface area (TPSA) is 54.9 Å². The second kappa shape index (κ2) is 6.00. The van der Waals surface area contributed by atoms with E-state index in [4.69, 9.17) is 23.2 Å². The lowest BCUT2D eigenvalue weighted by atomic mass is 9.87. The van der Waals surface area contributed by atoms with Crippen LogP contribution in [0.2, 0.25) is 10.3 Å². The van der Waals surface area contributed by atoms with Crippen LogP contribution in [0.25, 0.3) is 0 Å². The molecule has 6 heteroatoms. The van der Waals surface area contributed by atoms with E-state index in [-0.39, 0.29) is 27.3 Å². The summed E-state index contributed by atoms with van der Waals surface area (Å²) in [7, 11) is 0. The van der Waals surface area contributed by atoms with Gasteiger partial charge in [-0.2, -0.15) is 0 Å². The SMILES string of the molecule is CC(C)(C)c1ccc(C(=O)Nc2c(Cl)ncnc2Cl)cc1. The Kier molecular flexibility index (Phi) is 4.49. The standard InChI is InChI=1S/C15H15Cl2N3O/c1-15(2,3)10-6-4-9(5-7-10)14(21)20-11-12(16)18-8-19-13(11)17/h4-8H,1-3H3,(H,20,21). The van der Waals surface area contributed by atoms with Crippen LogP contribution in [0.5, 0.6) is 0 Å². The molecule has 0 unspecified atom stereocenters. The highest BCUT2D eigenvalue weighted by Crippen LogP contribution is 2.27. The number of carbonyl (C=O) groups excluding carboxylic acids is 1. The zero-order valence-electron chi connectivity index (χ0n) is 11.9. The molecule has 0 aliphatic heterocycles. The molecule has 1 aromatic heterocycles. The van der Waals surface area contributed by atoms with Crippen LogP contribution >= 0.6 is 23.2 Å². The molecule has 0 saturated carbocycles. The fraction of sp³-hybridized carbons (Fsp3) is 0.267. The maximum atomic E-state index is 12.2. The molecule has 0 saturated heterocycles. The van der Waals surface area contributed by atoms with E-state index >= 15 is 0 Å². The maximum Gasteiger partial charge on any atom is 0.255 e. The summed E-state index contributed by atoms with van der Waals surface area (Å²) in [6.07, 6.45) is 1.23. The molecule has 2 aromatic rings. The van der Waals surface area contributed by atoms with Crippen molar-refractivity contribution < 1.29 is 4.79 Å². The van der Waals surface area contributed by atoms with E-state index < -0.39 is 0 Å². The van der Waals surface area contributed by atoms with E-state index in [0.717, 1.165) is 5.56 Å². The smallest absolute Gasteiger partial charge is 0.255 e. The van der Waals surface area contributed by atoms with E-state index in [1.807, 2.05) is 12.1 Å². The summed E-state index contributed by atoms with van der Waals surface area (Å²) in [5.41, 5.74) is 1.91. The van der Waals surface area contributed by atoms with Crippen molar-refractivity contribution in [3.8, 4) is 0 Å². The highest BCUT2D eigenvalue weighted by Gasteiger charge is 2.16. The molecule has 1 heterocycles. The maximum absolute atomic E-state index is 12.2. The quantitative estimate of drug-likeness (QED) is 0.836. The number of aromatic nitrogens is 2. The Hall–Kier alpha value is -1.65. The molecular formula is C15H15Cl2N3O. The number of nitrogens with zero attached hydrogens (tertiary/aromatic N) is 2. The van der Waals surface area contributed by atoms with Gasteiger partial charge < -0.3 is 5.32 Å². The van der Waals surface area contributed by atoms with Gasteiger partial charge in [-0.25, -0.2) is 9.97 Å². The number of nitrogens with one attached hydrogen (secondary N) is 1. The Morgan fingerprint density at radius 2 is 1.57 bits per heavy atom. The van der Waals surface area contributed by atoms with Crippen molar-refractivity contribution in [3.05, 3.63) is 52.0 Å². The molecule has 4 nitrogen and oxygen atoms in total. The van der Waals surface area contributed by atoms with Gasteiger partial charge in [0.2, 0.25) is 0 Å². The van der Waals surface area contributed by atoms with Crippen LogP contribution in [0.3, 0.4) is 0 Å². The summed E-state index contributed by atoms with van der Waals surface area (Å²) in [4.78, 5) is 19.8. The van der Waals surface area contributed by atoms with Gasteiger partial charge in [0.15, 0.2) is 10.3 Å². The van der Waals surface area contributed by atoms with Gasteiger partial charge in [-0.05, 0) is 23.1 Å². The van der Waals surface area contributed by atoms with Crippen LogP contribution in [-0.4, -0.2) is 15.9 Å². The molecule has 1 amide bonds. The third-order valence-electron chi connectivity index (χ3n) is 3.01. The summed E-state index contributed by atoms with van der Waals surface area (Å²) < 4.78 is 0. The number of rotatable bonds is 2. The third kappa shape index (κ3) is 3.71. The minimum atomic E-state index is -0.311. The van der Waals surface area contributed by atoms with Gasteiger partial charge >= 0.3 is 0 Å². The van der Waals surface area contributed by atoms with Crippen molar-refractivity contribution in [2.24, 2.45) is 0 Å². The molecule has 0 radical (unpaired) electrons. The predicted molar refractivity (Wildman–Crippen MR) is 85.1 cm³/mol. The van der Waals surface area contributed by atoms with Crippen LogP contribution in [0, 0.1) is 0 Å². The van der Waals surface area contributed by atoms with E-state index in [1.165, 1.54) is 6.33 Å². The monoisotopic (exact) mass is 323 g/mol. The molecule has 0 atom stereocenters. The number of amides is 1. The van der Waals surface area contributed by atoms with Crippen LogP contribution in [0.15, 0.2) is 30.6 Å². The van der Waals surface area contributed by atoms with Gasteiger partial charge in [0, 0.05) is 5.56 Å². The molecular weight excluding hydrogens is 309 g/mol. The Morgan fingerprint density at radius 1 is 1.05 bits per heavy atom. The number of hydrogen-bond acceptors (Lipinski definition) is 3. The first-order chi connectivity index (χ1) is 9.79. The summed E-state index contributed by atoms with van der Waals surface area (Å²) in [5, 5.41) is 2.84.